The minimum absolute atomic E-state index is 0.311. The van der Waals surface area contributed by atoms with Crippen molar-refractivity contribution in [3.8, 4) is 11.5 Å². The molecule has 20 heavy (non-hydrogen) atoms. The van der Waals surface area contributed by atoms with Crippen LogP contribution in [-0.4, -0.2) is 24.3 Å². The third-order valence-corrected chi connectivity index (χ3v) is 3.80. The van der Waals surface area contributed by atoms with Gasteiger partial charge in [0.2, 0.25) is 0 Å². The van der Waals surface area contributed by atoms with E-state index in [0.717, 1.165) is 18.7 Å². The molecule has 2 aromatic rings. The van der Waals surface area contributed by atoms with Gasteiger partial charge in [-0.2, -0.15) is 0 Å². The third-order valence-electron chi connectivity index (χ3n) is 3.80. The second-order valence-electron chi connectivity index (χ2n) is 5.09. The van der Waals surface area contributed by atoms with Gasteiger partial charge in [0.25, 0.3) is 0 Å². The van der Waals surface area contributed by atoms with E-state index < -0.39 is 0 Å². The van der Waals surface area contributed by atoms with Crippen molar-refractivity contribution in [3.05, 3.63) is 54.1 Å². The molecule has 3 rings (SSSR count). The van der Waals surface area contributed by atoms with Crippen LogP contribution in [0, 0.1) is 0 Å². The number of phenolic OH excluding ortho intramolecular Hbond substituents is 1. The summed E-state index contributed by atoms with van der Waals surface area (Å²) in [6.45, 7) is 3.83. The standard InChI is InChI=1S/C17H19NO2/c1-2-18-14(11-13-7-9-15(19)10-8-13)12-20-17-6-4-3-5-16(17)18/h3-10,14,19H,2,11-12H2,1H3/t14-/m0/s1. The summed E-state index contributed by atoms with van der Waals surface area (Å²) in [6, 6.07) is 16.0. The highest BCUT2D eigenvalue weighted by Gasteiger charge is 2.26. The molecule has 3 nitrogen and oxygen atoms in total. The van der Waals surface area contributed by atoms with Crippen molar-refractivity contribution < 1.29 is 9.84 Å². The number of para-hydroxylation sites is 2. The Morgan fingerprint density at radius 1 is 1.15 bits per heavy atom. The van der Waals surface area contributed by atoms with E-state index in [9.17, 15) is 5.11 Å². The van der Waals surface area contributed by atoms with Gasteiger partial charge in [0.05, 0.1) is 11.7 Å². The maximum Gasteiger partial charge on any atom is 0.142 e. The second-order valence-corrected chi connectivity index (χ2v) is 5.09. The van der Waals surface area contributed by atoms with Crippen molar-refractivity contribution in [1.82, 2.24) is 0 Å². The van der Waals surface area contributed by atoms with Crippen molar-refractivity contribution in [2.24, 2.45) is 0 Å². The van der Waals surface area contributed by atoms with Gasteiger partial charge in [-0.25, -0.2) is 0 Å². The lowest BCUT2D eigenvalue weighted by Crippen LogP contribution is -2.44. The molecule has 1 aliphatic heterocycles. The molecular formula is C17H19NO2. The number of fused-ring (bicyclic) bond motifs is 1. The largest absolute Gasteiger partial charge is 0.508 e. The fraction of sp³-hybridized carbons (Fsp3) is 0.294. The van der Waals surface area contributed by atoms with Crippen molar-refractivity contribution in [2.75, 3.05) is 18.1 Å². The molecule has 0 saturated heterocycles. The van der Waals surface area contributed by atoms with Crippen LogP contribution in [0.2, 0.25) is 0 Å². The van der Waals surface area contributed by atoms with Gasteiger partial charge in [0, 0.05) is 6.54 Å². The Kier molecular flexibility index (Phi) is 3.50. The summed E-state index contributed by atoms with van der Waals surface area (Å²) in [4.78, 5) is 2.39. The molecular weight excluding hydrogens is 250 g/mol. The van der Waals surface area contributed by atoms with Crippen LogP contribution in [0.4, 0.5) is 5.69 Å². The van der Waals surface area contributed by atoms with Crippen LogP contribution in [0.3, 0.4) is 0 Å². The average molecular weight is 269 g/mol. The number of hydrogen-bond donors (Lipinski definition) is 1. The van der Waals surface area contributed by atoms with Crippen LogP contribution in [-0.2, 0) is 6.42 Å². The van der Waals surface area contributed by atoms with Gasteiger partial charge >= 0.3 is 0 Å². The summed E-state index contributed by atoms with van der Waals surface area (Å²) in [5, 5.41) is 9.36. The molecule has 0 bridgehead atoms. The number of hydrogen-bond acceptors (Lipinski definition) is 3. The van der Waals surface area contributed by atoms with Crippen molar-refractivity contribution in [1.29, 1.82) is 0 Å². The van der Waals surface area contributed by atoms with Crippen LogP contribution in [0.15, 0.2) is 48.5 Å². The molecule has 0 unspecified atom stereocenters. The van der Waals surface area contributed by atoms with Crippen LogP contribution >= 0.6 is 0 Å². The van der Waals surface area contributed by atoms with Crippen molar-refractivity contribution in [2.45, 2.75) is 19.4 Å². The highest BCUT2D eigenvalue weighted by molar-refractivity contribution is 5.60. The smallest absolute Gasteiger partial charge is 0.142 e. The van der Waals surface area contributed by atoms with Gasteiger partial charge in [0.1, 0.15) is 18.1 Å². The number of nitrogens with zero attached hydrogens (tertiary/aromatic N) is 1. The molecule has 0 amide bonds. The summed E-state index contributed by atoms with van der Waals surface area (Å²) >= 11 is 0. The Bertz CT molecular complexity index is 580. The first kappa shape index (κ1) is 12.9. The maximum absolute atomic E-state index is 9.36. The molecule has 0 spiro atoms. The Balaban J connectivity index is 1.82. The molecule has 2 aromatic carbocycles. The predicted octanol–water partition coefficient (Wildman–Crippen LogP) is 3.22. The van der Waals surface area contributed by atoms with Crippen LogP contribution in [0.25, 0.3) is 0 Å². The van der Waals surface area contributed by atoms with Gasteiger partial charge in [-0.15, -0.1) is 0 Å². The van der Waals surface area contributed by atoms with E-state index in [1.807, 2.05) is 30.3 Å². The summed E-state index contributed by atoms with van der Waals surface area (Å²) in [5.74, 6) is 1.28. The first-order valence-corrected chi connectivity index (χ1v) is 7.04. The molecule has 1 N–H and O–H groups in total. The zero-order chi connectivity index (χ0) is 13.9. The second kappa shape index (κ2) is 5.45. The van der Waals surface area contributed by atoms with E-state index in [1.54, 1.807) is 12.1 Å². The Morgan fingerprint density at radius 3 is 2.65 bits per heavy atom. The molecule has 0 fully saturated rings. The topological polar surface area (TPSA) is 32.7 Å². The first-order valence-electron chi connectivity index (χ1n) is 7.04. The minimum atomic E-state index is 0.311. The van der Waals surface area contributed by atoms with Gasteiger partial charge in [-0.1, -0.05) is 24.3 Å². The number of ether oxygens (including phenoxy) is 1. The molecule has 1 aliphatic rings. The lowest BCUT2D eigenvalue weighted by Gasteiger charge is -2.38. The van der Waals surface area contributed by atoms with E-state index in [-0.39, 0.29) is 0 Å². The Hall–Kier alpha value is -2.16. The molecule has 0 aromatic heterocycles. The minimum Gasteiger partial charge on any atom is -0.508 e. The van der Waals surface area contributed by atoms with E-state index >= 15 is 0 Å². The number of phenols is 1. The van der Waals surface area contributed by atoms with Crippen LogP contribution in [0.5, 0.6) is 11.5 Å². The zero-order valence-electron chi connectivity index (χ0n) is 11.6. The van der Waals surface area contributed by atoms with E-state index in [2.05, 4.69) is 17.9 Å². The quantitative estimate of drug-likeness (QED) is 0.928. The number of anilines is 1. The normalized spacial score (nSPS) is 17.4. The van der Waals surface area contributed by atoms with Crippen molar-refractivity contribution in [3.63, 3.8) is 0 Å². The van der Waals surface area contributed by atoms with Crippen molar-refractivity contribution >= 4 is 5.69 Å². The summed E-state index contributed by atoms with van der Waals surface area (Å²) in [7, 11) is 0. The number of aromatic hydroxyl groups is 1. The number of likely N-dealkylation sites (N-methyl/N-ethyl adjacent to an activating group) is 1. The summed E-state index contributed by atoms with van der Waals surface area (Å²) in [6.07, 6.45) is 0.919. The van der Waals surface area contributed by atoms with Gasteiger partial charge < -0.3 is 14.7 Å². The molecule has 0 radical (unpaired) electrons. The highest BCUT2D eigenvalue weighted by atomic mass is 16.5. The zero-order valence-corrected chi connectivity index (χ0v) is 11.6. The lowest BCUT2D eigenvalue weighted by molar-refractivity contribution is 0.262. The molecule has 0 saturated carbocycles. The van der Waals surface area contributed by atoms with Crippen LogP contribution < -0.4 is 9.64 Å². The van der Waals surface area contributed by atoms with Gasteiger partial charge in [-0.05, 0) is 43.2 Å². The highest BCUT2D eigenvalue weighted by Crippen LogP contribution is 2.34. The monoisotopic (exact) mass is 269 g/mol. The lowest BCUT2D eigenvalue weighted by atomic mass is 10.0. The average Bonchev–Trinajstić information content (AvgIpc) is 2.49. The Morgan fingerprint density at radius 2 is 1.90 bits per heavy atom. The van der Waals surface area contributed by atoms with E-state index in [1.165, 1.54) is 11.3 Å². The molecule has 3 heteroatoms. The number of benzene rings is 2. The SMILES string of the molecule is CCN1c2ccccc2OC[C@@H]1Cc1ccc(O)cc1. The van der Waals surface area contributed by atoms with Crippen LogP contribution in [0.1, 0.15) is 12.5 Å². The van der Waals surface area contributed by atoms with E-state index in [0.29, 0.717) is 18.4 Å². The summed E-state index contributed by atoms with van der Waals surface area (Å²) < 4.78 is 5.87. The van der Waals surface area contributed by atoms with Gasteiger partial charge in [-0.3, -0.25) is 0 Å². The van der Waals surface area contributed by atoms with E-state index in [4.69, 9.17) is 4.74 Å². The Labute approximate surface area is 119 Å². The predicted molar refractivity (Wildman–Crippen MR) is 80.6 cm³/mol. The molecule has 104 valence electrons. The molecule has 1 heterocycles. The maximum atomic E-state index is 9.36. The first-order chi connectivity index (χ1) is 9.78. The molecule has 1 atom stereocenters. The van der Waals surface area contributed by atoms with Gasteiger partial charge in [0.15, 0.2) is 0 Å². The number of rotatable bonds is 3. The third kappa shape index (κ3) is 2.44. The molecule has 0 aliphatic carbocycles. The fourth-order valence-electron chi connectivity index (χ4n) is 2.79. The fourth-order valence-corrected chi connectivity index (χ4v) is 2.79. The summed E-state index contributed by atoms with van der Waals surface area (Å²) in [5.41, 5.74) is 2.39.